The molecule has 0 aliphatic rings. The molecule has 2 aromatic heterocycles. The third-order valence-corrected chi connectivity index (χ3v) is 5.14. The number of carbonyl (C=O) groups is 2. The summed E-state index contributed by atoms with van der Waals surface area (Å²) in [6.45, 7) is 7.42. The van der Waals surface area contributed by atoms with Crippen molar-refractivity contribution in [3.05, 3.63) is 114 Å². The van der Waals surface area contributed by atoms with Crippen molar-refractivity contribution in [2.24, 2.45) is 0 Å². The van der Waals surface area contributed by atoms with E-state index in [0.717, 1.165) is 53.8 Å². The van der Waals surface area contributed by atoms with Crippen molar-refractivity contribution in [1.29, 1.82) is 0 Å². The molecule has 0 aliphatic carbocycles. The minimum Gasteiger partial charge on any atom is -0.463 e. The lowest BCUT2D eigenvalue weighted by Crippen LogP contribution is -2.04. The van der Waals surface area contributed by atoms with E-state index in [-0.39, 0.29) is 0 Å². The van der Waals surface area contributed by atoms with Crippen LogP contribution in [0.4, 0.5) is 0 Å². The van der Waals surface area contributed by atoms with Gasteiger partial charge < -0.3 is 9.47 Å². The predicted octanol–water partition coefficient (Wildman–Crippen LogP) is 3.99. The van der Waals surface area contributed by atoms with Crippen molar-refractivity contribution in [1.82, 2.24) is 15.0 Å². The van der Waals surface area contributed by atoms with Crippen molar-refractivity contribution in [3.8, 4) is 23.7 Å². The summed E-state index contributed by atoms with van der Waals surface area (Å²) < 4.78 is 9.95. The third kappa shape index (κ3) is 9.93. The van der Waals surface area contributed by atoms with E-state index in [4.69, 9.17) is 9.47 Å². The Morgan fingerprint density at radius 2 is 1.29 bits per heavy atom. The van der Waals surface area contributed by atoms with Gasteiger partial charge in [0.15, 0.2) is 0 Å². The van der Waals surface area contributed by atoms with Crippen LogP contribution in [0.15, 0.2) is 80.3 Å². The zero-order valence-corrected chi connectivity index (χ0v) is 21.0. The van der Waals surface area contributed by atoms with Gasteiger partial charge in [0.25, 0.3) is 0 Å². The molecule has 2 heterocycles. The Labute approximate surface area is 222 Å². The highest BCUT2D eigenvalue weighted by atomic mass is 16.5. The van der Waals surface area contributed by atoms with Gasteiger partial charge in [0.2, 0.25) is 5.82 Å². The zero-order chi connectivity index (χ0) is 27.0. The Kier molecular flexibility index (Phi) is 11.0. The fourth-order valence-corrected chi connectivity index (χ4v) is 3.10. The van der Waals surface area contributed by atoms with Crippen LogP contribution < -0.4 is 0 Å². The van der Waals surface area contributed by atoms with E-state index in [1.54, 1.807) is 18.6 Å². The number of rotatable bonds is 10. The molecule has 1 aromatic carbocycles. The second-order valence-electron chi connectivity index (χ2n) is 7.98. The summed E-state index contributed by atoms with van der Waals surface area (Å²) in [5.74, 6) is 11.7. The van der Waals surface area contributed by atoms with Crippen LogP contribution in [0, 0.1) is 23.7 Å². The first kappa shape index (κ1) is 27.6. The monoisotopic (exact) mass is 505 g/mol. The molecule has 0 amide bonds. The van der Waals surface area contributed by atoms with Crippen LogP contribution in [0.3, 0.4) is 0 Å². The number of aryl methyl sites for hydroxylation is 1. The first-order valence-electron chi connectivity index (χ1n) is 12.0. The van der Waals surface area contributed by atoms with E-state index in [1.807, 2.05) is 36.4 Å². The number of hydrogen-bond donors (Lipinski definition) is 0. The summed E-state index contributed by atoms with van der Waals surface area (Å²) in [6.07, 6.45) is 10.4. The van der Waals surface area contributed by atoms with Crippen molar-refractivity contribution in [2.45, 2.75) is 25.7 Å². The summed E-state index contributed by atoms with van der Waals surface area (Å²) in [4.78, 5) is 35.1. The van der Waals surface area contributed by atoms with Gasteiger partial charge in [0.1, 0.15) is 0 Å². The van der Waals surface area contributed by atoms with Crippen molar-refractivity contribution >= 4 is 11.9 Å². The highest BCUT2D eigenvalue weighted by Crippen LogP contribution is 2.06. The summed E-state index contributed by atoms with van der Waals surface area (Å²) >= 11 is 0. The average molecular weight is 506 g/mol. The first-order chi connectivity index (χ1) is 18.6. The quantitative estimate of drug-likeness (QED) is 0.178. The molecule has 7 heteroatoms. The van der Waals surface area contributed by atoms with E-state index >= 15 is 0 Å². The van der Waals surface area contributed by atoms with E-state index in [9.17, 15) is 9.59 Å². The number of ether oxygens (including phenoxy) is 2. The molecule has 0 radical (unpaired) electrons. The number of hydrogen-bond acceptors (Lipinski definition) is 7. The Hall–Kier alpha value is -5.01. The summed E-state index contributed by atoms with van der Waals surface area (Å²) in [5.41, 5.74) is 4.30. The zero-order valence-electron chi connectivity index (χ0n) is 21.0. The molecule has 7 nitrogen and oxygen atoms in total. The molecule has 190 valence electrons. The van der Waals surface area contributed by atoms with Gasteiger partial charge in [-0.2, -0.15) is 0 Å². The van der Waals surface area contributed by atoms with Crippen molar-refractivity contribution in [2.75, 3.05) is 13.2 Å². The molecule has 3 rings (SSSR count). The molecule has 0 bridgehead atoms. The highest BCUT2D eigenvalue weighted by Gasteiger charge is 2.00. The fourth-order valence-electron chi connectivity index (χ4n) is 3.10. The lowest BCUT2D eigenvalue weighted by molar-refractivity contribution is -0.138. The van der Waals surface area contributed by atoms with Gasteiger partial charge in [-0.3, -0.25) is 4.98 Å². The molecule has 3 aromatic rings. The minimum atomic E-state index is -0.423. The second-order valence-corrected chi connectivity index (χ2v) is 7.98. The predicted molar refractivity (Wildman–Crippen MR) is 144 cm³/mol. The number of aromatic nitrogens is 3. The molecule has 0 atom stereocenters. The molecular formula is C31H27N3O4. The molecule has 0 fully saturated rings. The lowest BCUT2D eigenvalue weighted by atomic mass is 10.1. The maximum atomic E-state index is 11.1. The van der Waals surface area contributed by atoms with E-state index in [0.29, 0.717) is 31.0 Å². The molecule has 0 spiro atoms. The Balaban J connectivity index is 1.46. The van der Waals surface area contributed by atoms with Gasteiger partial charge in [-0.1, -0.05) is 43.1 Å². The van der Waals surface area contributed by atoms with E-state index in [1.165, 1.54) is 0 Å². The van der Waals surface area contributed by atoms with Gasteiger partial charge in [-0.15, -0.1) is 0 Å². The number of nitrogens with zero attached hydrogens (tertiary/aromatic N) is 3. The highest BCUT2D eigenvalue weighted by molar-refractivity contribution is 5.81. The van der Waals surface area contributed by atoms with E-state index in [2.05, 4.69) is 51.8 Å². The number of carbonyl (C=O) groups excluding carboxylic acids is 2. The summed E-state index contributed by atoms with van der Waals surface area (Å²) in [7, 11) is 0. The maximum absolute atomic E-state index is 11.1. The number of pyridine rings is 1. The minimum absolute atomic E-state index is 0.308. The van der Waals surface area contributed by atoms with Crippen molar-refractivity contribution < 1.29 is 19.1 Å². The molecular weight excluding hydrogens is 478 g/mol. The molecule has 0 saturated heterocycles. The lowest BCUT2D eigenvalue weighted by Gasteiger charge is -2.02. The maximum Gasteiger partial charge on any atom is 0.330 e. The SMILES string of the molecule is C=CC(=O)OCCCCc1ccc(C#Cc2ncc(C#Cc3ccc(CCOC(=O)C=C)cc3)cn2)cn1. The second kappa shape index (κ2) is 15.2. The van der Waals surface area contributed by atoms with Crippen molar-refractivity contribution in [3.63, 3.8) is 0 Å². The van der Waals surface area contributed by atoms with Crippen LogP contribution in [0.2, 0.25) is 0 Å². The first-order valence-corrected chi connectivity index (χ1v) is 12.0. The van der Waals surface area contributed by atoms with Crippen LogP contribution >= 0.6 is 0 Å². The molecule has 38 heavy (non-hydrogen) atoms. The van der Waals surface area contributed by atoms with Gasteiger partial charge in [0.05, 0.1) is 18.8 Å². The normalized spacial score (nSPS) is 9.68. The Morgan fingerprint density at radius 3 is 1.95 bits per heavy atom. The largest absolute Gasteiger partial charge is 0.463 e. The van der Waals surface area contributed by atoms with Gasteiger partial charge in [0, 0.05) is 54.0 Å². The molecule has 0 N–H and O–H groups in total. The van der Waals surface area contributed by atoms with E-state index < -0.39 is 11.9 Å². The van der Waals surface area contributed by atoms with Crippen LogP contribution in [-0.2, 0) is 31.9 Å². The molecule has 0 aliphatic heterocycles. The molecule has 0 saturated carbocycles. The molecule has 0 unspecified atom stereocenters. The number of esters is 2. The Bertz CT molecular complexity index is 1370. The fraction of sp³-hybridized carbons (Fsp3) is 0.194. The van der Waals surface area contributed by atoms with Crippen LogP contribution in [-0.4, -0.2) is 40.1 Å². The van der Waals surface area contributed by atoms with Crippen LogP contribution in [0.25, 0.3) is 0 Å². The number of unbranched alkanes of at least 4 members (excludes halogenated alkanes) is 1. The standard InChI is InChI=1S/C31H27N3O4/c1-3-30(35)37-19-6-5-7-28-16-14-26(21-32-28)15-17-29-33-22-27(23-34-29)13-12-24-8-10-25(11-9-24)18-20-38-31(36)4-2/h3-4,8-11,14,16,21-23H,1-2,5-7,18-20H2. The van der Waals surface area contributed by atoms with Gasteiger partial charge >= 0.3 is 11.9 Å². The van der Waals surface area contributed by atoms with Gasteiger partial charge in [-0.05, 0) is 55.0 Å². The van der Waals surface area contributed by atoms with Crippen LogP contribution in [0.5, 0.6) is 0 Å². The summed E-state index contributed by atoms with van der Waals surface area (Å²) in [6, 6.07) is 11.6. The summed E-state index contributed by atoms with van der Waals surface area (Å²) in [5, 5.41) is 0. The van der Waals surface area contributed by atoms with Crippen LogP contribution in [0.1, 0.15) is 46.6 Å². The number of benzene rings is 1. The van der Waals surface area contributed by atoms with Gasteiger partial charge in [-0.25, -0.2) is 19.6 Å². The third-order valence-electron chi connectivity index (χ3n) is 5.14. The topological polar surface area (TPSA) is 91.3 Å². The Morgan fingerprint density at radius 1 is 0.684 bits per heavy atom. The average Bonchev–Trinajstić information content (AvgIpc) is 2.96. The smallest absolute Gasteiger partial charge is 0.330 e.